The number of benzene rings is 2. The number of carbonyl (C=O) groups is 1. The zero-order valence-electron chi connectivity index (χ0n) is 11.5. The lowest BCUT2D eigenvalue weighted by Crippen LogP contribution is -2.29. The van der Waals surface area contributed by atoms with Gasteiger partial charge in [0.15, 0.2) is 11.6 Å². The third-order valence-electron chi connectivity index (χ3n) is 3.10. The zero-order valence-corrected chi connectivity index (χ0v) is 12.3. The number of nitrogens with one attached hydrogen (secondary N) is 1. The summed E-state index contributed by atoms with van der Waals surface area (Å²) < 4.78 is 25.8. The summed E-state index contributed by atoms with van der Waals surface area (Å²) in [7, 11) is 0. The number of amides is 1. The fraction of sp³-hybridized carbons (Fsp3) is 0.188. The van der Waals surface area contributed by atoms with Crippen molar-refractivity contribution in [3.63, 3.8) is 0 Å². The number of hydrogen-bond donors (Lipinski definition) is 2. The summed E-state index contributed by atoms with van der Waals surface area (Å²) in [5, 5.41) is 13.0. The first kappa shape index (κ1) is 16.4. The van der Waals surface area contributed by atoms with Crippen LogP contribution in [0.2, 0.25) is 5.02 Å². The lowest BCUT2D eigenvalue weighted by atomic mass is 10.1. The fourth-order valence-electron chi connectivity index (χ4n) is 1.91. The van der Waals surface area contributed by atoms with Gasteiger partial charge in [-0.15, -0.1) is 0 Å². The van der Waals surface area contributed by atoms with Gasteiger partial charge in [-0.25, -0.2) is 8.78 Å². The topological polar surface area (TPSA) is 49.3 Å². The Morgan fingerprint density at radius 2 is 1.82 bits per heavy atom. The highest BCUT2D eigenvalue weighted by atomic mass is 35.5. The van der Waals surface area contributed by atoms with Gasteiger partial charge in [-0.05, 0) is 35.4 Å². The molecule has 2 N–H and O–H groups in total. The van der Waals surface area contributed by atoms with Crippen LogP contribution in [0.3, 0.4) is 0 Å². The monoisotopic (exact) mass is 325 g/mol. The van der Waals surface area contributed by atoms with Crippen molar-refractivity contribution < 1.29 is 18.7 Å². The normalized spacial score (nSPS) is 12.0. The van der Waals surface area contributed by atoms with E-state index >= 15 is 0 Å². The van der Waals surface area contributed by atoms with Crippen molar-refractivity contribution in [2.45, 2.75) is 12.5 Å². The summed E-state index contributed by atoms with van der Waals surface area (Å²) >= 11 is 5.75. The number of aliphatic hydroxyl groups excluding tert-OH is 1. The minimum atomic E-state index is -0.994. The molecule has 1 amide bonds. The Balaban J connectivity index is 1.86. The van der Waals surface area contributed by atoms with Crippen molar-refractivity contribution in [2.75, 3.05) is 6.54 Å². The third-order valence-corrected chi connectivity index (χ3v) is 3.35. The molecule has 22 heavy (non-hydrogen) atoms. The van der Waals surface area contributed by atoms with E-state index in [-0.39, 0.29) is 18.9 Å². The van der Waals surface area contributed by atoms with Crippen LogP contribution in [0, 0.1) is 11.6 Å². The second kappa shape index (κ2) is 7.33. The van der Waals surface area contributed by atoms with Crippen LogP contribution in [0.5, 0.6) is 0 Å². The Morgan fingerprint density at radius 1 is 1.14 bits per heavy atom. The van der Waals surface area contributed by atoms with Crippen molar-refractivity contribution in [1.82, 2.24) is 5.32 Å². The molecule has 3 nitrogen and oxygen atoms in total. The average molecular weight is 326 g/mol. The van der Waals surface area contributed by atoms with Crippen LogP contribution < -0.4 is 5.32 Å². The van der Waals surface area contributed by atoms with E-state index in [0.29, 0.717) is 16.1 Å². The number of rotatable bonds is 5. The van der Waals surface area contributed by atoms with Gasteiger partial charge in [0.1, 0.15) is 0 Å². The first-order chi connectivity index (χ1) is 10.5. The zero-order chi connectivity index (χ0) is 16.1. The van der Waals surface area contributed by atoms with Gasteiger partial charge >= 0.3 is 0 Å². The van der Waals surface area contributed by atoms with Gasteiger partial charge in [0.05, 0.1) is 12.5 Å². The first-order valence-corrected chi connectivity index (χ1v) is 6.97. The van der Waals surface area contributed by atoms with Gasteiger partial charge in [0.2, 0.25) is 5.91 Å². The van der Waals surface area contributed by atoms with Crippen molar-refractivity contribution in [3.8, 4) is 0 Å². The van der Waals surface area contributed by atoms with Crippen molar-refractivity contribution in [1.29, 1.82) is 0 Å². The molecule has 2 aromatic rings. The predicted octanol–water partition coefficient (Wildman–Crippen LogP) is 3.01. The van der Waals surface area contributed by atoms with Crippen LogP contribution in [-0.2, 0) is 11.2 Å². The Morgan fingerprint density at radius 3 is 2.45 bits per heavy atom. The molecule has 0 radical (unpaired) electrons. The number of carbonyl (C=O) groups excluding carboxylic acids is 1. The largest absolute Gasteiger partial charge is 0.387 e. The third kappa shape index (κ3) is 4.51. The Bertz CT molecular complexity index is 662. The van der Waals surface area contributed by atoms with Crippen LogP contribution in [0.25, 0.3) is 0 Å². The fourth-order valence-corrected chi connectivity index (χ4v) is 2.04. The molecular weight excluding hydrogens is 312 g/mol. The lowest BCUT2D eigenvalue weighted by Gasteiger charge is -2.12. The maximum absolute atomic E-state index is 13.0. The molecule has 0 aliphatic carbocycles. The molecule has 0 aliphatic heterocycles. The van der Waals surface area contributed by atoms with Crippen molar-refractivity contribution in [3.05, 3.63) is 70.2 Å². The highest BCUT2D eigenvalue weighted by molar-refractivity contribution is 6.30. The number of aliphatic hydroxyl groups is 1. The van der Waals surface area contributed by atoms with Gasteiger partial charge in [-0.1, -0.05) is 29.8 Å². The van der Waals surface area contributed by atoms with E-state index in [4.69, 9.17) is 11.6 Å². The Kier molecular flexibility index (Phi) is 5.46. The highest BCUT2D eigenvalue weighted by Gasteiger charge is 2.11. The SMILES string of the molecule is O=C(Cc1ccc(F)c(F)c1)NCC(O)c1ccc(Cl)cc1. The molecule has 0 fully saturated rings. The van der Waals surface area contributed by atoms with Gasteiger partial charge in [-0.3, -0.25) is 4.79 Å². The van der Waals surface area contributed by atoms with Crippen molar-refractivity contribution in [2.24, 2.45) is 0 Å². The van der Waals surface area contributed by atoms with E-state index in [0.717, 1.165) is 12.1 Å². The lowest BCUT2D eigenvalue weighted by molar-refractivity contribution is -0.120. The molecule has 1 unspecified atom stereocenters. The summed E-state index contributed by atoms with van der Waals surface area (Å²) in [6, 6.07) is 9.90. The van der Waals surface area contributed by atoms with Gasteiger partial charge < -0.3 is 10.4 Å². The average Bonchev–Trinajstić information content (AvgIpc) is 2.49. The minimum Gasteiger partial charge on any atom is -0.387 e. The second-order valence-corrected chi connectivity index (χ2v) is 5.23. The van der Waals surface area contributed by atoms with Gasteiger partial charge in [0, 0.05) is 11.6 Å². The molecule has 116 valence electrons. The van der Waals surface area contributed by atoms with E-state index in [2.05, 4.69) is 5.32 Å². The van der Waals surface area contributed by atoms with E-state index in [1.165, 1.54) is 6.07 Å². The summed E-state index contributed by atoms with van der Waals surface area (Å²) in [5.41, 5.74) is 0.981. The van der Waals surface area contributed by atoms with Crippen molar-refractivity contribution >= 4 is 17.5 Å². The maximum atomic E-state index is 13.0. The molecule has 1 atom stereocenters. The van der Waals surface area contributed by atoms with Gasteiger partial charge in [-0.2, -0.15) is 0 Å². The molecule has 0 aliphatic rings. The molecule has 2 aromatic carbocycles. The predicted molar refractivity (Wildman–Crippen MR) is 79.5 cm³/mol. The molecular formula is C16H14ClF2NO2. The minimum absolute atomic E-state index is 0.0180. The number of halogens is 3. The quantitative estimate of drug-likeness (QED) is 0.888. The van der Waals surface area contributed by atoms with E-state index in [1.54, 1.807) is 24.3 Å². The summed E-state index contributed by atoms with van der Waals surface area (Å²) in [5.74, 6) is -2.34. The van der Waals surface area contributed by atoms with Crippen LogP contribution in [-0.4, -0.2) is 17.6 Å². The Hall–Kier alpha value is -1.98. The summed E-state index contributed by atoms with van der Waals surface area (Å²) in [6.45, 7) is 0.0180. The standard InChI is InChI=1S/C16H14ClF2NO2/c17-12-4-2-11(3-5-12)15(21)9-20-16(22)8-10-1-6-13(18)14(19)7-10/h1-7,15,21H,8-9H2,(H,20,22). The maximum Gasteiger partial charge on any atom is 0.224 e. The number of hydrogen-bond acceptors (Lipinski definition) is 2. The molecule has 0 aromatic heterocycles. The molecule has 0 heterocycles. The van der Waals surface area contributed by atoms with Crippen LogP contribution >= 0.6 is 11.6 Å². The van der Waals surface area contributed by atoms with E-state index < -0.39 is 17.7 Å². The molecule has 2 rings (SSSR count). The molecule has 6 heteroatoms. The summed E-state index contributed by atoms with van der Waals surface area (Å²) in [4.78, 5) is 11.7. The highest BCUT2D eigenvalue weighted by Crippen LogP contribution is 2.16. The molecule has 0 spiro atoms. The van der Waals surface area contributed by atoms with E-state index in [9.17, 15) is 18.7 Å². The smallest absolute Gasteiger partial charge is 0.224 e. The van der Waals surface area contributed by atoms with Gasteiger partial charge in [0.25, 0.3) is 0 Å². The van der Waals surface area contributed by atoms with Crippen LogP contribution in [0.15, 0.2) is 42.5 Å². The van der Waals surface area contributed by atoms with E-state index in [1.807, 2.05) is 0 Å². The van der Waals surface area contributed by atoms with Crippen LogP contribution in [0.4, 0.5) is 8.78 Å². The molecule has 0 saturated heterocycles. The first-order valence-electron chi connectivity index (χ1n) is 6.60. The second-order valence-electron chi connectivity index (χ2n) is 4.80. The molecule has 0 bridgehead atoms. The molecule has 0 saturated carbocycles. The Labute approximate surface area is 131 Å². The van der Waals surface area contributed by atoms with Crippen LogP contribution in [0.1, 0.15) is 17.2 Å². The summed E-state index contributed by atoms with van der Waals surface area (Å²) in [6.07, 6.45) is -0.962.